The van der Waals surface area contributed by atoms with Gasteiger partial charge in [0.25, 0.3) is 0 Å². The summed E-state index contributed by atoms with van der Waals surface area (Å²) in [5, 5.41) is 0. The van der Waals surface area contributed by atoms with Gasteiger partial charge in [0, 0.05) is 31.6 Å². The molecule has 0 radical (unpaired) electrons. The van der Waals surface area contributed by atoms with Crippen molar-refractivity contribution in [3.63, 3.8) is 0 Å². The molecule has 22 heavy (non-hydrogen) atoms. The van der Waals surface area contributed by atoms with E-state index in [1.807, 2.05) is 4.90 Å². The molecular weight excluding hydrogens is 280 g/mol. The van der Waals surface area contributed by atoms with Crippen LogP contribution < -0.4 is 0 Å². The van der Waals surface area contributed by atoms with Crippen LogP contribution in [0.15, 0.2) is 6.33 Å². The molecule has 1 aromatic heterocycles. The molecule has 2 amide bonds. The molecular formula is C16H22N4O2. The molecule has 2 heterocycles. The Morgan fingerprint density at radius 3 is 2.86 bits per heavy atom. The highest BCUT2D eigenvalue weighted by atomic mass is 16.2. The maximum atomic E-state index is 12.8. The minimum atomic E-state index is -0.214. The first-order valence-corrected chi connectivity index (χ1v) is 8.20. The Morgan fingerprint density at radius 2 is 2.23 bits per heavy atom. The van der Waals surface area contributed by atoms with E-state index < -0.39 is 0 Å². The summed E-state index contributed by atoms with van der Waals surface area (Å²) in [6, 6.07) is 0. The number of nitrogens with zero attached hydrogens (tertiary/aromatic N) is 3. The quantitative estimate of drug-likeness (QED) is 0.907. The van der Waals surface area contributed by atoms with Crippen LogP contribution in [0, 0.1) is 5.92 Å². The fraction of sp³-hybridized carbons (Fsp3) is 0.688. The standard InChI is InChI=1S/C16H22N4O2/c1-19(15(22)11-3-4-11)9-13(21)20-8-5-12-14(18-10-17-12)16(20)6-2-7-16/h10-11H,2-9H2,1H3,(H,17,18). The van der Waals surface area contributed by atoms with Gasteiger partial charge in [-0.05, 0) is 32.1 Å². The van der Waals surface area contributed by atoms with E-state index in [-0.39, 0.29) is 29.8 Å². The molecule has 1 N–H and O–H groups in total. The van der Waals surface area contributed by atoms with Crippen molar-refractivity contribution in [1.82, 2.24) is 19.8 Å². The summed E-state index contributed by atoms with van der Waals surface area (Å²) in [4.78, 5) is 36.1. The molecule has 0 bridgehead atoms. The molecule has 1 spiro atoms. The SMILES string of the molecule is CN(CC(=O)N1CCc2[nH]cnc2C12CCC2)C(=O)C1CC1. The average molecular weight is 302 g/mol. The number of hydrogen-bond acceptors (Lipinski definition) is 3. The van der Waals surface area contributed by atoms with Gasteiger partial charge in [-0.15, -0.1) is 0 Å². The summed E-state index contributed by atoms with van der Waals surface area (Å²) in [7, 11) is 1.75. The van der Waals surface area contributed by atoms with Gasteiger partial charge in [-0.2, -0.15) is 0 Å². The molecule has 6 nitrogen and oxygen atoms in total. The van der Waals surface area contributed by atoms with Gasteiger partial charge >= 0.3 is 0 Å². The summed E-state index contributed by atoms with van der Waals surface area (Å²) in [5.74, 6) is 0.341. The first-order chi connectivity index (χ1) is 10.6. The molecule has 2 fully saturated rings. The van der Waals surface area contributed by atoms with E-state index >= 15 is 0 Å². The number of fused-ring (bicyclic) bond motifs is 2. The topological polar surface area (TPSA) is 69.3 Å². The third-order valence-corrected chi connectivity index (χ3v) is 5.42. The molecule has 3 aliphatic rings. The number of imidazole rings is 1. The number of aromatic amines is 1. The molecule has 1 aromatic rings. The minimum Gasteiger partial charge on any atom is -0.348 e. The summed E-state index contributed by atoms with van der Waals surface area (Å²) < 4.78 is 0. The van der Waals surface area contributed by atoms with E-state index in [0.29, 0.717) is 0 Å². The van der Waals surface area contributed by atoms with Gasteiger partial charge in [0.15, 0.2) is 0 Å². The summed E-state index contributed by atoms with van der Waals surface area (Å²) in [6.45, 7) is 0.913. The molecule has 4 rings (SSSR count). The third kappa shape index (κ3) is 1.96. The van der Waals surface area contributed by atoms with Crippen molar-refractivity contribution in [2.24, 2.45) is 5.92 Å². The number of carbonyl (C=O) groups excluding carboxylic acids is 2. The fourth-order valence-electron chi connectivity index (χ4n) is 3.87. The Bertz CT molecular complexity index is 615. The highest BCUT2D eigenvalue weighted by Gasteiger charge is 2.51. The van der Waals surface area contributed by atoms with E-state index in [9.17, 15) is 9.59 Å². The van der Waals surface area contributed by atoms with Crippen molar-refractivity contribution in [2.45, 2.75) is 44.1 Å². The Labute approximate surface area is 129 Å². The number of nitrogens with one attached hydrogen (secondary N) is 1. The molecule has 2 saturated carbocycles. The van der Waals surface area contributed by atoms with E-state index in [2.05, 4.69) is 9.97 Å². The number of H-pyrrole nitrogens is 1. The van der Waals surface area contributed by atoms with Crippen LogP contribution in [0.5, 0.6) is 0 Å². The number of rotatable bonds is 3. The van der Waals surface area contributed by atoms with Crippen LogP contribution in [0.3, 0.4) is 0 Å². The second-order valence-electron chi connectivity index (χ2n) is 6.88. The molecule has 6 heteroatoms. The van der Waals surface area contributed by atoms with Crippen LogP contribution in [0.2, 0.25) is 0 Å². The fourth-order valence-corrected chi connectivity index (χ4v) is 3.87. The van der Waals surface area contributed by atoms with Crippen molar-refractivity contribution < 1.29 is 9.59 Å². The van der Waals surface area contributed by atoms with Gasteiger partial charge < -0.3 is 14.8 Å². The van der Waals surface area contributed by atoms with Gasteiger partial charge in [0.2, 0.25) is 11.8 Å². The summed E-state index contributed by atoms with van der Waals surface area (Å²) in [5.41, 5.74) is 2.01. The highest BCUT2D eigenvalue weighted by molar-refractivity contribution is 5.87. The largest absolute Gasteiger partial charge is 0.348 e. The van der Waals surface area contributed by atoms with Crippen LogP contribution in [0.25, 0.3) is 0 Å². The predicted octanol–water partition coefficient (Wildman–Crippen LogP) is 1.04. The van der Waals surface area contributed by atoms with Crippen molar-refractivity contribution in [2.75, 3.05) is 20.1 Å². The van der Waals surface area contributed by atoms with Crippen LogP contribution >= 0.6 is 0 Å². The average Bonchev–Trinajstić information content (AvgIpc) is 3.20. The monoisotopic (exact) mass is 302 g/mol. The molecule has 0 aromatic carbocycles. The zero-order valence-electron chi connectivity index (χ0n) is 13.0. The van der Waals surface area contributed by atoms with E-state index in [4.69, 9.17) is 0 Å². The van der Waals surface area contributed by atoms with Gasteiger partial charge in [-0.3, -0.25) is 9.59 Å². The number of hydrogen-bond donors (Lipinski definition) is 1. The van der Waals surface area contributed by atoms with Gasteiger partial charge in [-0.1, -0.05) is 0 Å². The van der Waals surface area contributed by atoms with Gasteiger partial charge in [0.1, 0.15) is 0 Å². The van der Waals surface area contributed by atoms with Crippen molar-refractivity contribution >= 4 is 11.8 Å². The van der Waals surface area contributed by atoms with Crippen molar-refractivity contribution in [1.29, 1.82) is 0 Å². The van der Waals surface area contributed by atoms with E-state index in [0.717, 1.165) is 50.8 Å². The smallest absolute Gasteiger partial charge is 0.242 e. The molecule has 0 atom stereocenters. The number of carbonyl (C=O) groups is 2. The number of likely N-dealkylation sites (N-methyl/N-ethyl adjacent to an activating group) is 1. The van der Waals surface area contributed by atoms with Crippen molar-refractivity contribution in [3.05, 3.63) is 17.7 Å². The van der Waals surface area contributed by atoms with Gasteiger partial charge in [0.05, 0.1) is 24.1 Å². The predicted molar refractivity (Wildman–Crippen MR) is 79.9 cm³/mol. The lowest BCUT2D eigenvalue weighted by Crippen LogP contribution is -2.59. The normalized spacial score (nSPS) is 22.1. The van der Waals surface area contributed by atoms with E-state index in [1.165, 1.54) is 5.69 Å². The van der Waals surface area contributed by atoms with Crippen LogP contribution in [-0.4, -0.2) is 51.7 Å². The van der Waals surface area contributed by atoms with E-state index in [1.54, 1.807) is 18.3 Å². The Kier molecular flexibility index (Phi) is 3.03. The van der Waals surface area contributed by atoms with Crippen LogP contribution in [-0.2, 0) is 21.5 Å². The first kappa shape index (κ1) is 13.8. The molecule has 0 saturated heterocycles. The maximum absolute atomic E-state index is 12.8. The Hall–Kier alpha value is -1.85. The summed E-state index contributed by atoms with van der Waals surface area (Å²) >= 11 is 0. The van der Waals surface area contributed by atoms with Crippen LogP contribution in [0.1, 0.15) is 43.5 Å². The third-order valence-electron chi connectivity index (χ3n) is 5.42. The zero-order valence-corrected chi connectivity index (χ0v) is 13.0. The number of amides is 2. The maximum Gasteiger partial charge on any atom is 0.242 e. The van der Waals surface area contributed by atoms with Crippen molar-refractivity contribution in [3.8, 4) is 0 Å². The minimum absolute atomic E-state index is 0.0600. The highest BCUT2D eigenvalue weighted by Crippen LogP contribution is 2.48. The Morgan fingerprint density at radius 1 is 1.45 bits per heavy atom. The second kappa shape index (κ2) is 4.83. The lowest BCUT2D eigenvalue weighted by Gasteiger charge is -2.52. The van der Waals surface area contributed by atoms with Gasteiger partial charge in [-0.25, -0.2) is 4.98 Å². The lowest BCUT2D eigenvalue weighted by molar-refractivity contribution is -0.148. The summed E-state index contributed by atoms with van der Waals surface area (Å²) in [6.07, 6.45) is 7.61. The second-order valence-corrected chi connectivity index (χ2v) is 6.88. The molecule has 2 aliphatic carbocycles. The van der Waals surface area contributed by atoms with Crippen LogP contribution in [0.4, 0.5) is 0 Å². The Balaban J connectivity index is 1.52. The lowest BCUT2D eigenvalue weighted by atomic mass is 9.70. The molecule has 1 aliphatic heterocycles. The first-order valence-electron chi connectivity index (χ1n) is 8.20. The molecule has 118 valence electrons. The molecule has 0 unspecified atom stereocenters. The number of aromatic nitrogens is 2. The zero-order chi connectivity index (χ0) is 15.3.